The fraction of sp³-hybridized carbons (Fsp3) is 0.429. The Morgan fingerprint density at radius 2 is 2.17 bits per heavy atom. The van der Waals surface area contributed by atoms with Gasteiger partial charge < -0.3 is 19.9 Å². The van der Waals surface area contributed by atoms with Gasteiger partial charge in [-0.2, -0.15) is 0 Å². The summed E-state index contributed by atoms with van der Waals surface area (Å²) in [7, 11) is 1.51. The fourth-order valence-corrected chi connectivity index (χ4v) is 5.59. The summed E-state index contributed by atoms with van der Waals surface area (Å²) in [5.74, 6) is -2.71. The van der Waals surface area contributed by atoms with E-state index in [1.54, 1.807) is 4.90 Å². The smallest absolute Gasteiger partial charge is 0.270 e. The van der Waals surface area contributed by atoms with Gasteiger partial charge in [-0.05, 0) is 12.1 Å². The van der Waals surface area contributed by atoms with Crippen molar-refractivity contribution in [3.05, 3.63) is 46.6 Å². The minimum absolute atomic E-state index is 0.0470. The quantitative estimate of drug-likeness (QED) is 0.638. The second-order valence-corrected chi connectivity index (χ2v) is 9.27. The third-order valence-electron chi connectivity index (χ3n) is 5.77. The molecule has 1 saturated carbocycles. The van der Waals surface area contributed by atoms with Gasteiger partial charge in [0.1, 0.15) is 5.69 Å². The van der Waals surface area contributed by atoms with Crippen LogP contribution in [-0.2, 0) is 17.7 Å². The Bertz CT molecular complexity index is 1070. The number of rotatable bonds is 5. The van der Waals surface area contributed by atoms with E-state index >= 15 is 0 Å². The van der Waals surface area contributed by atoms with Crippen molar-refractivity contribution >= 4 is 33.3 Å². The maximum atomic E-state index is 13.5. The van der Waals surface area contributed by atoms with Gasteiger partial charge >= 0.3 is 0 Å². The van der Waals surface area contributed by atoms with Gasteiger partial charge in [-0.1, -0.05) is 29.5 Å². The molecule has 2 aliphatic rings. The van der Waals surface area contributed by atoms with Gasteiger partial charge in [-0.25, -0.2) is 13.8 Å². The highest BCUT2D eigenvalue weighted by Gasteiger charge is 2.57. The number of carbonyl (C=O) groups excluding carboxylic acids is 1. The molecule has 1 fully saturated rings. The maximum Gasteiger partial charge on any atom is 0.270 e. The summed E-state index contributed by atoms with van der Waals surface area (Å²) in [6.07, 6.45) is 0.124. The van der Waals surface area contributed by atoms with Gasteiger partial charge in [-0.3, -0.25) is 4.79 Å². The van der Waals surface area contributed by atoms with Gasteiger partial charge in [0, 0.05) is 48.7 Å². The Balaban J connectivity index is 1.31. The summed E-state index contributed by atoms with van der Waals surface area (Å²) in [6, 6.07) is 9.66. The predicted octanol–water partition coefficient (Wildman–Crippen LogP) is 4.05. The summed E-state index contributed by atoms with van der Waals surface area (Å²) >= 11 is 1.43. The molecule has 0 saturated heterocycles. The second-order valence-electron chi connectivity index (χ2n) is 8.18. The van der Waals surface area contributed by atoms with Crippen LogP contribution < -0.4 is 5.32 Å². The van der Waals surface area contributed by atoms with E-state index in [0.29, 0.717) is 30.3 Å². The SMILES string of the molecule is COCC1(Nc2nc3c(s2)CN(C(=O)c2cc4ccccc4[nH]2)CC3)CC(F)(F)C1. The predicted molar refractivity (Wildman–Crippen MR) is 111 cm³/mol. The summed E-state index contributed by atoms with van der Waals surface area (Å²) in [5.41, 5.74) is 1.65. The van der Waals surface area contributed by atoms with Crippen molar-refractivity contribution in [2.24, 2.45) is 0 Å². The highest BCUT2D eigenvalue weighted by Crippen LogP contribution is 2.48. The number of ether oxygens (including phenoxy) is 1. The highest BCUT2D eigenvalue weighted by atomic mass is 32.1. The number of methoxy groups -OCH3 is 1. The Morgan fingerprint density at radius 3 is 2.90 bits per heavy atom. The van der Waals surface area contributed by atoms with Crippen LogP contribution in [0.4, 0.5) is 13.9 Å². The Morgan fingerprint density at radius 1 is 1.37 bits per heavy atom. The fourth-order valence-electron chi connectivity index (χ4n) is 4.45. The molecule has 1 amide bonds. The van der Waals surface area contributed by atoms with E-state index in [4.69, 9.17) is 4.74 Å². The minimum Gasteiger partial charge on any atom is -0.382 e. The molecule has 3 heterocycles. The monoisotopic (exact) mass is 432 g/mol. The summed E-state index contributed by atoms with van der Waals surface area (Å²) in [6.45, 7) is 1.25. The number of H-pyrrole nitrogens is 1. The van der Waals surface area contributed by atoms with Crippen molar-refractivity contribution in [3.8, 4) is 0 Å². The van der Waals surface area contributed by atoms with E-state index in [2.05, 4.69) is 15.3 Å². The topological polar surface area (TPSA) is 70.2 Å². The van der Waals surface area contributed by atoms with Gasteiger partial charge in [0.25, 0.3) is 11.8 Å². The van der Waals surface area contributed by atoms with Crippen LogP contribution in [0.5, 0.6) is 0 Å². The van der Waals surface area contributed by atoms with Crippen LogP contribution in [0.1, 0.15) is 33.9 Å². The number of para-hydroxylation sites is 1. The molecule has 6 nitrogen and oxygen atoms in total. The molecule has 30 heavy (non-hydrogen) atoms. The van der Waals surface area contributed by atoms with Gasteiger partial charge in [-0.15, -0.1) is 0 Å². The summed E-state index contributed by atoms with van der Waals surface area (Å²) in [5, 5.41) is 4.81. The first-order valence-corrected chi connectivity index (χ1v) is 10.7. The lowest BCUT2D eigenvalue weighted by atomic mass is 9.74. The zero-order chi connectivity index (χ0) is 20.9. The second kappa shape index (κ2) is 7.02. The van der Waals surface area contributed by atoms with Crippen molar-refractivity contribution in [1.29, 1.82) is 0 Å². The lowest BCUT2D eigenvalue weighted by Gasteiger charge is -2.47. The molecule has 2 aromatic heterocycles. The summed E-state index contributed by atoms with van der Waals surface area (Å²) in [4.78, 5) is 23.6. The number of nitrogens with zero attached hydrogens (tertiary/aromatic N) is 2. The molecule has 2 N–H and O–H groups in total. The molecule has 5 rings (SSSR count). The first-order valence-electron chi connectivity index (χ1n) is 9.87. The normalized spacial score (nSPS) is 19.4. The van der Waals surface area contributed by atoms with E-state index in [1.807, 2.05) is 30.3 Å². The Kier molecular flexibility index (Phi) is 4.55. The van der Waals surface area contributed by atoms with Crippen LogP contribution in [0, 0.1) is 0 Å². The Hall–Kier alpha value is -2.52. The van der Waals surface area contributed by atoms with Crippen LogP contribution in [0.2, 0.25) is 0 Å². The van der Waals surface area contributed by atoms with Gasteiger partial charge in [0.05, 0.1) is 24.4 Å². The van der Waals surface area contributed by atoms with Crippen molar-refractivity contribution in [1.82, 2.24) is 14.9 Å². The number of alkyl halides is 2. The van der Waals surface area contributed by atoms with E-state index in [-0.39, 0.29) is 25.4 Å². The molecule has 158 valence electrons. The van der Waals surface area contributed by atoms with E-state index in [1.165, 1.54) is 18.4 Å². The summed E-state index contributed by atoms with van der Waals surface area (Å²) < 4.78 is 32.2. The lowest BCUT2D eigenvalue weighted by Crippen LogP contribution is -2.59. The molecule has 1 aliphatic carbocycles. The number of aromatic amines is 1. The average molecular weight is 432 g/mol. The van der Waals surface area contributed by atoms with Gasteiger partial charge in [0.2, 0.25) is 0 Å². The largest absolute Gasteiger partial charge is 0.382 e. The van der Waals surface area contributed by atoms with Crippen molar-refractivity contribution in [2.45, 2.75) is 37.3 Å². The highest BCUT2D eigenvalue weighted by molar-refractivity contribution is 7.15. The Labute approximate surface area is 176 Å². The number of halogens is 2. The molecule has 3 aromatic rings. The third-order valence-corrected chi connectivity index (χ3v) is 6.76. The number of benzene rings is 1. The molecule has 0 radical (unpaired) electrons. The molecule has 1 aromatic carbocycles. The molecule has 9 heteroatoms. The number of hydrogen-bond acceptors (Lipinski definition) is 5. The number of thiazole rings is 1. The lowest BCUT2D eigenvalue weighted by molar-refractivity contribution is -0.130. The van der Waals surface area contributed by atoms with Crippen molar-refractivity contribution in [2.75, 3.05) is 25.6 Å². The maximum absolute atomic E-state index is 13.5. The first kappa shape index (κ1) is 19.4. The van der Waals surface area contributed by atoms with Crippen molar-refractivity contribution in [3.63, 3.8) is 0 Å². The standard InChI is InChI=1S/C21H22F2N4O2S/c1-29-12-20(10-21(22,23)11-20)26-19-25-15-6-7-27(9-17(15)30-19)18(28)16-8-13-4-2-3-5-14(13)24-16/h2-5,8,24H,6-7,9-12H2,1H3,(H,25,26). The number of amides is 1. The minimum atomic E-state index is -2.66. The molecule has 1 aliphatic heterocycles. The van der Waals surface area contributed by atoms with Crippen molar-refractivity contribution < 1.29 is 18.3 Å². The first-order chi connectivity index (χ1) is 14.4. The molecular weight excluding hydrogens is 410 g/mol. The molecule has 0 atom stereocenters. The van der Waals surface area contributed by atoms with Crippen LogP contribution in [0.15, 0.2) is 30.3 Å². The number of fused-ring (bicyclic) bond motifs is 2. The van der Waals surface area contributed by atoms with E-state index in [9.17, 15) is 13.6 Å². The van der Waals surface area contributed by atoms with E-state index < -0.39 is 11.5 Å². The zero-order valence-electron chi connectivity index (χ0n) is 16.5. The third kappa shape index (κ3) is 3.45. The number of nitrogens with one attached hydrogen (secondary N) is 2. The van der Waals surface area contributed by atoms with Crippen LogP contribution in [0.3, 0.4) is 0 Å². The molecule has 0 bridgehead atoms. The van der Waals surface area contributed by atoms with Crippen LogP contribution in [-0.4, -0.2) is 52.5 Å². The molecule has 0 spiro atoms. The van der Waals surface area contributed by atoms with Crippen LogP contribution in [0.25, 0.3) is 10.9 Å². The number of aromatic nitrogens is 2. The average Bonchev–Trinajstić information content (AvgIpc) is 3.28. The van der Waals surface area contributed by atoms with Crippen LogP contribution >= 0.6 is 11.3 Å². The number of carbonyl (C=O) groups is 1. The zero-order valence-corrected chi connectivity index (χ0v) is 17.3. The van der Waals surface area contributed by atoms with E-state index in [0.717, 1.165) is 21.5 Å². The number of hydrogen-bond donors (Lipinski definition) is 2. The molecule has 0 unspecified atom stereocenters. The number of anilines is 1. The van der Waals surface area contributed by atoms with Gasteiger partial charge in [0.15, 0.2) is 5.13 Å². The molecular formula is C21H22F2N4O2S.